The summed E-state index contributed by atoms with van der Waals surface area (Å²) >= 11 is 0. The summed E-state index contributed by atoms with van der Waals surface area (Å²) in [5.74, 6) is -0.631. The minimum Gasteiger partial charge on any atom is -0.466 e. The van der Waals surface area contributed by atoms with E-state index in [-0.39, 0.29) is 36.2 Å². The van der Waals surface area contributed by atoms with Crippen LogP contribution in [0, 0.1) is 0 Å². The highest BCUT2D eigenvalue weighted by molar-refractivity contribution is 5.96. The lowest BCUT2D eigenvalue weighted by atomic mass is 10.3. The number of hydrogen-bond acceptors (Lipinski definition) is 5. The van der Waals surface area contributed by atoms with Crippen LogP contribution in [0.1, 0.15) is 23.8 Å². The molecule has 17 heavy (non-hydrogen) atoms. The van der Waals surface area contributed by atoms with Gasteiger partial charge >= 0.3 is 5.97 Å². The molecular weight excluding hydrogens is 224 g/mol. The summed E-state index contributed by atoms with van der Waals surface area (Å²) in [7, 11) is 1.59. The summed E-state index contributed by atoms with van der Waals surface area (Å²) < 4.78 is 4.76. The fourth-order valence-electron chi connectivity index (χ4n) is 1.25. The number of H-pyrrole nitrogens is 1. The Morgan fingerprint density at radius 3 is 2.82 bits per heavy atom. The molecule has 7 nitrogen and oxygen atoms in total. The SMILES string of the molecule is CCOC(=O)CCN(C)C(=O)c1[nH]ncc1N. The highest BCUT2D eigenvalue weighted by atomic mass is 16.5. The van der Waals surface area contributed by atoms with Gasteiger partial charge in [0.2, 0.25) is 0 Å². The fourth-order valence-corrected chi connectivity index (χ4v) is 1.25. The van der Waals surface area contributed by atoms with Gasteiger partial charge in [-0.15, -0.1) is 0 Å². The molecule has 1 aromatic heterocycles. The average Bonchev–Trinajstić information content (AvgIpc) is 2.71. The first kappa shape index (κ1) is 13.0. The van der Waals surface area contributed by atoms with Gasteiger partial charge in [0.25, 0.3) is 5.91 Å². The topological polar surface area (TPSA) is 101 Å². The van der Waals surface area contributed by atoms with Crippen LogP contribution in [-0.2, 0) is 9.53 Å². The summed E-state index contributed by atoms with van der Waals surface area (Å²) in [5, 5.41) is 6.18. The standard InChI is InChI=1S/C10H16N4O3/c1-3-17-8(15)4-5-14(2)10(16)9-7(11)6-12-13-9/h6H,3-5,11H2,1-2H3,(H,12,13). The lowest BCUT2D eigenvalue weighted by Crippen LogP contribution is -2.30. The molecule has 0 aliphatic carbocycles. The maximum Gasteiger partial charge on any atom is 0.307 e. The quantitative estimate of drug-likeness (QED) is 0.706. The molecule has 94 valence electrons. The molecule has 7 heteroatoms. The molecule has 0 radical (unpaired) electrons. The Bertz CT molecular complexity index is 402. The largest absolute Gasteiger partial charge is 0.466 e. The van der Waals surface area contributed by atoms with Crippen LogP contribution < -0.4 is 5.73 Å². The van der Waals surface area contributed by atoms with Crippen LogP contribution in [0.2, 0.25) is 0 Å². The highest BCUT2D eigenvalue weighted by Crippen LogP contribution is 2.09. The van der Waals surface area contributed by atoms with Crippen LogP contribution in [-0.4, -0.2) is 47.2 Å². The van der Waals surface area contributed by atoms with Gasteiger partial charge in [-0.3, -0.25) is 14.7 Å². The zero-order valence-corrected chi connectivity index (χ0v) is 9.90. The van der Waals surface area contributed by atoms with E-state index in [1.54, 1.807) is 14.0 Å². The lowest BCUT2D eigenvalue weighted by Gasteiger charge is -2.15. The van der Waals surface area contributed by atoms with Crippen LogP contribution in [0.4, 0.5) is 5.69 Å². The second-order valence-electron chi connectivity index (χ2n) is 3.48. The number of ether oxygens (including phenoxy) is 1. The molecule has 0 fully saturated rings. The van der Waals surface area contributed by atoms with E-state index < -0.39 is 0 Å². The number of aromatic nitrogens is 2. The summed E-state index contributed by atoms with van der Waals surface area (Å²) in [4.78, 5) is 24.3. The third kappa shape index (κ3) is 3.47. The second kappa shape index (κ2) is 5.88. The van der Waals surface area contributed by atoms with Crippen LogP contribution in [0.5, 0.6) is 0 Å². The molecule has 0 spiro atoms. The van der Waals surface area contributed by atoms with Gasteiger partial charge in [0.1, 0.15) is 5.69 Å². The molecule has 1 rings (SSSR count). The van der Waals surface area contributed by atoms with E-state index in [4.69, 9.17) is 10.5 Å². The zero-order chi connectivity index (χ0) is 12.8. The van der Waals surface area contributed by atoms with E-state index in [1.165, 1.54) is 11.1 Å². The minimum atomic E-state index is -0.329. The van der Waals surface area contributed by atoms with Gasteiger partial charge in [0.15, 0.2) is 0 Å². The van der Waals surface area contributed by atoms with Crippen molar-refractivity contribution in [1.29, 1.82) is 0 Å². The molecule has 1 aromatic rings. The van der Waals surface area contributed by atoms with Gasteiger partial charge in [-0.25, -0.2) is 0 Å². The smallest absolute Gasteiger partial charge is 0.307 e. The number of nitrogens with zero attached hydrogens (tertiary/aromatic N) is 2. The first-order chi connectivity index (χ1) is 8.06. The summed E-state index contributed by atoms with van der Waals surface area (Å²) in [6, 6.07) is 0. The summed E-state index contributed by atoms with van der Waals surface area (Å²) in [5.41, 5.74) is 6.07. The Morgan fingerprint density at radius 2 is 2.29 bits per heavy atom. The van der Waals surface area contributed by atoms with Crippen LogP contribution in [0.15, 0.2) is 6.20 Å². The number of aromatic amines is 1. The Kier molecular flexibility index (Phi) is 4.50. The predicted molar refractivity (Wildman–Crippen MR) is 61.2 cm³/mol. The summed E-state index contributed by atoms with van der Waals surface area (Å²) in [6.07, 6.45) is 1.52. The molecular formula is C10H16N4O3. The van der Waals surface area contributed by atoms with Crippen LogP contribution in [0.3, 0.4) is 0 Å². The van der Waals surface area contributed by atoms with Crippen molar-refractivity contribution < 1.29 is 14.3 Å². The fraction of sp³-hybridized carbons (Fsp3) is 0.500. The first-order valence-electron chi connectivity index (χ1n) is 5.26. The number of hydrogen-bond donors (Lipinski definition) is 2. The minimum absolute atomic E-state index is 0.157. The number of nitrogens with two attached hydrogens (primary N) is 1. The molecule has 0 atom stereocenters. The molecule has 0 aromatic carbocycles. The van der Waals surface area contributed by atoms with Gasteiger partial charge in [-0.1, -0.05) is 0 Å². The maximum atomic E-state index is 11.8. The molecule has 0 aliphatic heterocycles. The maximum absolute atomic E-state index is 11.8. The van der Waals surface area contributed by atoms with Crippen molar-refractivity contribution in [2.24, 2.45) is 0 Å². The van der Waals surface area contributed by atoms with Crippen molar-refractivity contribution >= 4 is 17.6 Å². The van der Waals surface area contributed by atoms with Crippen molar-refractivity contribution in [2.75, 3.05) is 25.9 Å². The monoisotopic (exact) mass is 240 g/mol. The predicted octanol–water partition coefficient (Wildman–Crippen LogP) is 0.0171. The van der Waals surface area contributed by atoms with E-state index in [2.05, 4.69) is 10.2 Å². The van der Waals surface area contributed by atoms with Crippen LogP contribution >= 0.6 is 0 Å². The van der Waals surface area contributed by atoms with Crippen molar-refractivity contribution in [3.8, 4) is 0 Å². The lowest BCUT2D eigenvalue weighted by molar-refractivity contribution is -0.143. The van der Waals surface area contributed by atoms with Crippen molar-refractivity contribution in [3.05, 3.63) is 11.9 Å². The number of carbonyl (C=O) groups is 2. The normalized spacial score (nSPS) is 10.0. The number of anilines is 1. The van der Waals surface area contributed by atoms with E-state index in [1.807, 2.05) is 0 Å². The average molecular weight is 240 g/mol. The van der Waals surface area contributed by atoms with E-state index >= 15 is 0 Å². The number of rotatable bonds is 5. The molecule has 0 saturated carbocycles. The van der Waals surface area contributed by atoms with Gasteiger partial charge in [0, 0.05) is 13.6 Å². The van der Waals surface area contributed by atoms with Crippen molar-refractivity contribution in [2.45, 2.75) is 13.3 Å². The third-order valence-corrected chi connectivity index (χ3v) is 2.19. The Hall–Kier alpha value is -2.05. The Morgan fingerprint density at radius 1 is 1.59 bits per heavy atom. The zero-order valence-electron chi connectivity index (χ0n) is 9.90. The Balaban J connectivity index is 2.48. The highest BCUT2D eigenvalue weighted by Gasteiger charge is 2.17. The number of esters is 1. The van der Waals surface area contributed by atoms with E-state index in [0.717, 1.165) is 0 Å². The molecule has 0 bridgehead atoms. The van der Waals surface area contributed by atoms with Crippen molar-refractivity contribution in [3.63, 3.8) is 0 Å². The molecule has 0 unspecified atom stereocenters. The second-order valence-corrected chi connectivity index (χ2v) is 3.48. The molecule has 1 amide bonds. The number of carbonyl (C=O) groups excluding carboxylic acids is 2. The number of nitrogen functional groups attached to an aromatic ring is 1. The van der Waals surface area contributed by atoms with Gasteiger partial charge < -0.3 is 15.4 Å². The van der Waals surface area contributed by atoms with E-state index in [9.17, 15) is 9.59 Å². The van der Waals surface area contributed by atoms with Crippen molar-refractivity contribution in [1.82, 2.24) is 15.1 Å². The first-order valence-corrected chi connectivity index (χ1v) is 5.26. The molecule has 0 saturated heterocycles. The molecule has 0 aliphatic rings. The number of amides is 1. The molecule has 3 N–H and O–H groups in total. The van der Waals surface area contributed by atoms with Crippen LogP contribution in [0.25, 0.3) is 0 Å². The van der Waals surface area contributed by atoms with Gasteiger partial charge in [-0.05, 0) is 6.92 Å². The summed E-state index contributed by atoms with van der Waals surface area (Å²) in [6.45, 7) is 2.35. The number of nitrogens with one attached hydrogen (secondary N) is 1. The third-order valence-electron chi connectivity index (χ3n) is 2.19. The van der Waals surface area contributed by atoms with Gasteiger partial charge in [-0.2, -0.15) is 5.10 Å². The Labute approximate surface area is 98.9 Å². The van der Waals surface area contributed by atoms with Gasteiger partial charge in [0.05, 0.1) is 24.9 Å². The van der Waals surface area contributed by atoms with E-state index in [0.29, 0.717) is 6.61 Å². The molecule has 1 heterocycles.